The van der Waals surface area contributed by atoms with Gasteiger partial charge in [0, 0.05) is 28.1 Å². The average molecular weight is 561 g/mol. The minimum atomic E-state index is -0.891. The Hall–Kier alpha value is -2.93. The highest BCUT2D eigenvalue weighted by molar-refractivity contribution is 6.32. The molecule has 3 aromatic carbocycles. The molecule has 0 spiro atoms. The van der Waals surface area contributed by atoms with E-state index in [1.165, 1.54) is 0 Å². The third-order valence-corrected chi connectivity index (χ3v) is 7.31. The summed E-state index contributed by atoms with van der Waals surface area (Å²) in [7, 11) is 0. The van der Waals surface area contributed by atoms with E-state index in [0.29, 0.717) is 57.9 Å². The van der Waals surface area contributed by atoms with Gasteiger partial charge in [0.1, 0.15) is 17.0 Å². The number of fused-ring (bicyclic) bond motifs is 1. The molecule has 2 N–H and O–H groups in total. The van der Waals surface area contributed by atoms with E-state index in [1.807, 2.05) is 12.1 Å². The SMILES string of the molecule is O=C(NC(Cl)Cc1ccc(Cl)cc1)c1ccc(Oc2c(Cl)cc3c(c2C2CC2)OCCC3C(=O)O)cc1. The summed E-state index contributed by atoms with van der Waals surface area (Å²) in [5.41, 5.74) is 2.22. The van der Waals surface area contributed by atoms with Gasteiger partial charge in [-0.05, 0) is 73.2 Å². The first-order valence-corrected chi connectivity index (χ1v) is 13.2. The summed E-state index contributed by atoms with van der Waals surface area (Å²) in [4.78, 5) is 24.5. The zero-order valence-electron chi connectivity index (χ0n) is 19.7. The van der Waals surface area contributed by atoms with Crippen molar-refractivity contribution in [2.24, 2.45) is 0 Å². The van der Waals surface area contributed by atoms with Gasteiger partial charge in [0.2, 0.25) is 0 Å². The van der Waals surface area contributed by atoms with E-state index in [1.54, 1.807) is 42.5 Å². The molecule has 37 heavy (non-hydrogen) atoms. The zero-order chi connectivity index (χ0) is 26.1. The molecule has 0 saturated heterocycles. The van der Waals surface area contributed by atoms with Crippen molar-refractivity contribution < 1.29 is 24.2 Å². The first kappa shape index (κ1) is 25.7. The lowest BCUT2D eigenvalue weighted by atomic mass is 9.90. The number of benzene rings is 3. The van der Waals surface area contributed by atoms with Gasteiger partial charge in [-0.25, -0.2) is 0 Å². The summed E-state index contributed by atoms with van der Waals surface area (Å²) in [5.74, 6) is -0.108. The highest BCUT2D eigenvalue weighted by atomic mass is 35.5. The number of carboxylic acid groups (broad SMARTS) is 1. The molecule has 6 nitrogen and oxygen atoms in total. The minimum absolute atomic E-state index is 0.210. The molecule has 192 valence electrons. The van der Waals surface area contributed by atoms with Crippen molar-refractivity contribution in [3.63, 3.8) is 0 Å². The molecule has 0 aromatic heterocycles. The van der Waals surface area contributed by atoms with Crippen LogP contribution < -0.4 is 14.8 Å². The Bertz CT molecular complexity index is 1320. The predicted molar refractivity (Wildman–Crippen MR) is 143 cm³/mol. The van der Waals surface area contributed by atoms with Gasteiger partial charge in [-0.1, -0.05) is 46.9 Å². The normalized spacial score (nSPS) is 17.3. The third-order valence-electron chi connectivity index (χ3n) is 6.51. The molecule has 5 rings (SSSR count). The Balaban J connectivity index is 1.31. The molecule has 2 unspecified atom stereocenters. The molecule has 1 saturated carbocycles. The first-order valence-electron chi connectivity index (χ1n) is 12.0. The maximum Gasteiger partial charge on any atom is 0.311 e. The Labute approximate surface area is 229 Å². The minimum Gasteiger partial charge on any atom is -0.493 e. The van der Waals surface area contributed by atoms with Gasteiger partial charge in [-0.15, -0.1) is 0 Å². The van der Waals surface area contributed by atoms with Gasteiger partial charge in [0.05, 0.1) is 17.5 Å². The number of aliphatic carboxylic acids is 1. The van der Waals surface area contributed by atoms with E-state index in [2.05, 4.69) is 5.32 Å². The van der Waals surface area contributed by atoms with Gasteiger partial charge in [-0.3, -0.25) is 9.59 Å². The van der Waals surface area contributed by atoms with Crippen molar-refractivity contribution in [3.05, 3.63) is 86.9 Å². The molecule has 3 aromatic rings. The zero-order valence-corrected chi connectivity index (χ0v) is 21.9. The van der Waals surface area contributed by atoms with Crippen molar-refractivity contribution in [1.82, 2.24) is 5.32 Å². The number of hydrogen-bond acceptors (Lipinski definition) is 4. The number of nitrogens with one attached hydrogen (secondary N) is 1. The largest absolute Gasteiger partial charge is 0.493 e. The molecule has 1 heterocycles. The number of ether oxygens (including phenoxy) is 2. The number of hydrogen-bond donors (Lipinski definition) is 2. The summed E-state index contributed by atoms with van der Waals surface area (Å²) < 4.78 is 12.1. The van der Waals surface area contributed by atoms with Crippen LogP contribution in [0.4, 0.5) is 0 Å². The van der Waals surface area contributed by atoms with E-state index >= 15 is 0 Å². The van der Waals surface area contributed by atoms with E-state index in [9.17, 15) is 14.7 Å². The second kappa shape index (κ2) is 10.8. The summed E-state index contributed by atoms with van der Waals surface area (Å²) in [6, 6.07) is 15.6. The van der Waals surface area contributed by atoms with Crippen LogP contribution in [0.5, 0.6) is 17.2 Å². The Morgan fingerprint density at radius 2 is 1.76 bits per heavy atom. The topological polar surface area (TPSA) is 84.9 Å². The van der Waals surface area contributed by atoms with Crippen LogP contribution in [-0.2, 0) is 11.2 Å². The number of amides is 1. The Morgan fingerprint density at radius 1 is 1.05 bits per heavy atom. The fourth-order valence-corrected chi connectivity index (χ4v) is 5.17. The smallest absolute Gasteiger partial charge is 0.311 e. The van der Waals surface area contributed by atoms with Crippen molar-refractivity contribution in [3.8, 4) is 17.2 Å². The Kier molecular flexibility index (Phi) is 7.52. The molecular weight excluding hydrogens is 537 g/mol. The van der Waals surface area contributed by atoms with E-state index < -0.39 is 17.4 Å². The number of carbonyl (C=O) groups is 2. The number of carbonyl (C=O) groups excluding carboxylic acids is 1. The highest BCUT2D eigenvalue weighted by Gasteiger charge is 2.38. The van der Waals surface area contributed by atoms with E-state index in [-0.39, 0.29) is 11.8 Å². The van der Waals surface area contributed by atoms with Gasteiger partial charge in [0.15, 0.2) is 5.75 Å². The molecule has 2 aliphatic rings. The van der Waals surface area contributed by atoms with Crippen LogP contribution in [0.15, 0.2) is 54.6 Å². The van der Waals surface area contributed by atoms with Gasteiger partial charge < -0.3 is 19.9 Å². The second-order valence-corrected chi connectivity index (χ2v) is 10.6. The third kappa shape index (κ3) is 5.82. The molecule has 1 aliphatic carbocycles. The van der Waals surface area contributed by atoms with Crippen LogP contribution in [0.1, 0.15) is 58.1 Å². The van der Waals surface area contributed by atoms with Crippen LogP contribution in [0.2, 0.25) is 10.0 Å². The monoisotopic (exact) mass is 559 g/mol. The predicted octanol–water partition coefficient (Wildman–Crippen LogP) is 7.15. The van der Waals surface area contributed by atoms with Crippen molar-refractivity contribution in [1.29, 1.82) is 0 Å². The molecule has 2 atom stereocenters. The summed E-state index contributed by atoms with van der Waals surface area (Å²) in [6.45, 7) is 0.328. The van der Waals surface area contributed by atoms with Gasteiger partial charge in [0.25, 0.3) is 5.91 Å². The van der Waals surface area contributed by atoms with Crippen LogP contribution >= 0.6 is 34.8 Å². The van der Waals surface area contributed by atoms with Crippen LogP contribution in [0.3, 0.4) is 0 Å². The van der Waals surface area contributed by atoms with Crippen LogP contribution in [-0.4, -0.2) is 29.1 Å². The lowest BCUT2D eigenvalue weighted by molar-refractivity contribution is -0.139. The molecule has 9 heteroatoms. The highest BCUT2D eigenvalue weighted by Crippen LogP contribution is 2.55. The fraction of sp³-hybridized carbons (Fsp3) is 0.286. The number of halogens is 3. The van der Waals surface area contributed by atoms with Crippen LogP contribution in [0.25, 0.3) is 0 Å². The quantitative estimate of drug-likeness (QED) is 0.226. The Morgan fingerprint density at radius 3 is 2.41 bits per heavy atom. The van der Waals surface area contributed by atoms with Gasteiger partial charge in [-0.2, -0.15) is 0 Å². The maximum atomic E-state index is 12.7. The summed E-state index contributed by atoms with van der Waals surface area (Å²) in [6.07, 6.45) is 2.77. The first-order chi connectivity index (χ1) is 17.8. The molecule has 1 aliphatic heterocycles. The summed E-state index contributed by atoms with van der Waals surface area (Å²) in [5, 5.41) is 13.4. The van der Waals surface area contributed by atoms with Crippen LogP contribution in [0, 0.1) is 0 Å². The van der Waals surface area contributed by atoms with E-state index in [0.717, 1.165) is 24.0 Å². The van der Waals surface area contributed by atoms with Crippen molar-refractivity contribution in [2.45, 2.75) is 43.0 Å². The van der Waals surface area contributed by atoms with Gasteiger partial charge >= 0.3 is 5.97 Å². The molecule has 1 amide bonds. The number of carboxylic acids is 1. The lowest BCUT2D eigenvalue weighted by Crippen LogP contribution is -2.32. The van der Waals surface area contributed by atoms with E-state index in [4.69, 9.17) is 44.3 Å². The molecule has 1 fully saturated rings. The fourth-order valence-electron chi connectivity index (χ4n) is 4.51. The maximum absolute atomic E-state index is 12.7. The lowest BCUT2D eigenvalue weighted by Gasteiger charge is -2.27. The standard InChI is InChI=1S/C28H24Cl3NO5/c29-18-7-1-15(2-8-18)13-23(31)32-27(33)17-5-9-19(10-6-17)37-26-22(30)14-21-20(28(34)35)11-12-36-25(21)24(26)16-3-4-16/h1-2,5-10,14,16,20,23H,3-4,11-13H2,(H,32,33)(H,34,35). The van der Waals surface area contributed by atoms with Crippen molar-refractivity contribution in [2.75, 3.05) is 6.61 Å². The molecule has 0 bridgehead atoms. The number of alkyl halides is 1. The second-order valence-electron chi connectivity index (χ2n) is 9.22. The summed E-state index contributed by atoms with van der Waals surface area (Å²) >= 11 is 18.9. The molecule has 0 radical (unpaired) electrons. The molecular formula is C28H24Cl3NO5. The van der Waals surface area contributed by atoms with Crippen molar-refractivity contribution >= 4 is 46.7 Å². The number of rotatable bonds is 8. The average Bonchev–Trinajstić information content (AvgIpc) is 3.71.